The van der Waals surface area contributed by atoms with Crippen LogP contribution in [-0.4, -0.2) is 72.1 Å². The van der Waals surface area contributed by atoms with Crippen molar-refractivity contribution in [1.82, 2.24) is 29.6 Å². The number of esters is 1. The third-order valence-electron chi connectivity index (χ3n) is 7.40. The lowest BCUT2D eigenvalue weighted by Gasteiger charge is -2.31. The Kier molecular flexibility index (Phi) is 9.11. The number of rotatable bonds is 10. The number of benzene rings is 2. The van der Waals surface area contributed by atoms with Gasteiger partial charge >= 0.3 is 12.1 Å². The Morgan fingerprint density at radius 1 is 1.16 bits per heavy atom. The molecule has 0 unspecified atom stereocenters. The van der Waals surface area contributed by atoms with Gasteiger partial charge in [-0.25, -0.2) is 17.9 Å². The number of fused-ring (bicyclic) bond motifs is 1. The maximum Gasteiger partial charge on any atom is 0.416 e. The summed E-state index contributed by atoms with van der Waals surface area (Å²) in [6, 6.07) is 8.72. The first-order valence-corrected chi connectivity index (χ1v) is 15.6. The number of nitrogens with one attached hydrogen (secondary N) is 2. The highest BCUT2D eigenvalue weighted by atomic mass is 35.5. The van der Waals surface area contributed by atoms with Crippen LogP contribution in [0.1, 0.15) is 35.8 Å². The Morgan fingerprint density at radius 2 is 1.88 bits per heavy atom. The minimum absolute atomic E-state index is 0.137. The number of hydrogen-bond donors (Lipinski definition) is 2. The number of aromatic nitrogens is 4. The number of nitrogens with zero attached hydrogens (tertiary/aromatic N) is 4. The number of H-pyrrole nitrogens is 1. The normalized spacial score (nSPS) is 15.3. The molecule has 5 rings (SSSR count). The molecule has 2 N–H and O–H groups in total. The maximum atomic E-state index is 12.8. The minimum Gasteiger partial charge on any atom is -0.461 e. The van der Waals surface area contributed by atoms with Crippen molar-refractivity contribution in [2.75, 3.05) is 32.8 Å². The van der Waals surface area contributed by atoms with Gasteiger partial charge in [0.15, 0.2) is 0 Å². The zero-order chi connectivity index (χ0) is 30.8. The molecule has 4 aromatic rings. The molecule has 15 heteroatoms. The topological polar surface area (TPSA) is 122 Å². The van der Waals surface area contributed by atoms with E-state index in [1.807, 2.05) is 0 Å². The van der Waals surface area contributed by atoms with Gasteiger partial charge in [-0.15, -0.1) is 5.10 Å². The number of carbonyl (C=O) groups excluding carboxylic acids is 1. The van der Waals surface area contributed by atoms with Crippen molar-refractivity contribution in [3.05, 3.63) is 64.9 Å². The summed E-state index contributed by atoms with van der Waals surface area (Å²) in [5.41, 5.74) is 1.21. The molecule has 0 saturated carbocycles. The minimum atomic E-state index is -4.53. The number of aromatic amines is 1. The maximum absolute atomic E-state index is 12.8. The van der Waals surface area contributed by atoms with E-state index in [9.17, 15) is 26.4 Å². The average Bonchev–Trinajstić information content (AvgIpc) is 3.57. The Labute approximate surface area is 251 Å². The molecule has 2 aromatic heterocycles. The van der Waals surface area contributed by atoms with Crippen molar-refractivity contribution in [3.8, 4) is 11.3 Å². The van der Waals surface area contributed by atoms with E-state index < -0.39 is 27.7 Å². The van der Waals surface area contributed by atoms with Crippen molar-refractivity contribution < 1.29 is 31.1 Å². The van der Waals surface area contributed by atoms with Crippen LogP contribution >= 0.6 is 11.6 Å². The molecular weight excluding hydrogens is 609 g/mol. The van der Waals surface area contributed by atoms with Gasteiger partial charge in [-0.2, -0.15) is 13.2 Å². The van der Waals surface area contributed by atoms with Crippen molar-refractivity contribution in [2.45, 2.75) is 37.4 Å². The SMILES string of the molecule is CCOC(=O)c1[nH]c2ccc(Cl)cc2c1-c1cn(CC2CCN(CCNS(=O)(=O)c3ccc(C(F)(F)F)cc3)CC2)nn1. The molecule has 43 heavy (non-hydrogen) atoms. The third kappa shape index (κ3) is 7.20. The first-order valence-electron chi connectivity index (χ1n) is 13.7. The zero-order valence-electron chi connectivity index (χ0n) is 23.2. The molecule has 0 radical (unpaired) electrons. The standard InChI is InChI=1S/C28H30ClF3N6O4S/c1-2-42-27(39)26-25(22-15-20(29)5-8-23(22)34-26)24-17-38(36-35-24)16-18-9-12-37(13-10-18)14-11-33-43(40,41)21-6-3-19(4-7-21)28(30,31)32/h3-8,15,17-18,33-34H,2,9-14,16H2,1H3. The number of hydrogen-bond acceptors (Lipinski definition) is 7. The molecule has 1 aliphatic rings. The molecule has 1 saturated heterocycles. The second-order valence-electron chi connectivity index (χ2n) is 10.3. The highest BCUT2D eigenvalue weighted by Crippen LogP contribution is 2.34. The smallest absolute Gasteiger partial charge is 0.416 e. The van der Waals surface area contributed by atoms with Crippen molar-refractivity contribution in [1.29, 1.82) is 0 Å². The van der Waals surface area contributed by atoms with Crippen LogP contribution in [-0.2, 0) is 27.5 Å². The monoisotopic (exact) mass is 638 g/mol. The van der Waals surface area contributed by atoms with Gasteiger partial charge in [0.25, 0.3) is 0 Å². The van der Waals surface area contributed by atoms with E-state index in [1.165, 1.54) is 0 Å². The van der Waals surface area contributed by atoms with Crippen LogP contribution in [0.25, 0.3) is 22.2 Å². The second-order valence-corrected chi connectivity index (χ2v) is 12.5. The first-order chi connectivity index (χ1) is 20.4. The summed E-state index contributed by atoms with van der Waals surface area (Å²) < 4.78 is 72.7. The summed E-state index contributed by atoms with van der Waals surface area (Å²) in [6.45, 7) is 4.70. The highest BCUT2D eigenvalue weighted by molar-refractivity contribution is 7.89. The number of piperidine rings is 1. The number of sulfonamides is 1. The van der Waals surface area contributed by atoms with E-state index in [2.05, 4.69) is 24.9 Å². The van der Waals surface area contributed by atoms with E-state index in [0.29, 0.717) is 35.3 Å². The van der Waals surface area contributed by atoms with Crippen molar-refractivity contribution >= 4 is 38.5 Å². The summed E-state index contributed by atoms with van der Waals surface area (Å²) in [6.07, 6.45) is -1.01. The summed E-state index contributed by atoms with van der Waals surface area (Å²) >= 11 is 6.23. The van der Waals surface area contributed by atoms with Gasteiger partial charge in [0, 0.05) is 41.1 Å². The predicted molar refractivity (Wildman–Crippen MR) is 154 cm³/mol. The fraction of sp³-hybridized carbons (Fsp3) is 0.393. The summed E-state index contributed by atoms with van der Waals surface area (Å²) in [5, 5.41) is 9.90. The second kappa shape index (κ2) is 12.6. The van der Waals surface area contributed by atoms with E-state index in [-0.39, 0.29) is 23.7 Å². The average molecular weight is 639 g/mol. The predicted octanol–water partition coefficient (Wildman–Crippen LogP) is 4.97. The lowest BCUT2D eigenvalue weighted by atomic mass is 9.97. The van der Waals surface area contributed by atoms with Gasteiger partial charge in [0.1, 0.15) is 11.4 Å². The molecule has 1 fully saturated rings. The van der Waals surface area contributed by atoms with Gasteiger partial charge in [0.05, 0.1) is 23.3 Å². The molecular formula is C28H30ClF3N6O4S. The molecule has 10 nitrogen and oxygen atoms in total. The molecule has 0 atom stereocenters. The Balaban J connectivity index is 1.15. The fourth-order valence-corrected chi connectivity index (χ4v) is 6.38. The number of alkyl halides is 3. The number of halogens is 4. The summed E-state index contributed by atoms with van der Waals surface area (Å²) in [4.78, 5) is 17.7. The van der Waals surface area contributed by atoms with Crippen LogP contribution in [0.2, 0.25) is 5.02 Å². The lowest BCUT2D eigenvalue weighted by Crippen LogP contribution is -2.40. The molecule has 230 valence electrons. The van der Waals surface area contributed by atoms with Crippen molar-refractivity contribution in [2.24, 2.45) is 5.92 Å². The lowest BCUT2D eigenvalue weighted by molar-refractivity contribution is -0.137. The number of ether oxygens (including phenoxy) is 1. The van der Waals surface area contributed by atoms with Gasteiger partial charge in [0.2, 0.25) is 10.0 Å². The molecule has 2 aromatic carbocycles. The fourth-order valence-electron chi connectivity index (χ4n) is 5.19. The molecule has 0 spiro atoms. The van der Waals surface area contributed by atoms with Crippen LogP contribution in [0.15, 0.2) is 53.6 Å². The van der Waals surface area contributed by atoms with Crippen LogP contribution < -0.4 is 4.72 Å². The van der Waals surface area contributed by atoms with E-state index in [1.54, 1.807) is 36.0 Å². The molecule has 1 aliphatic heterocycles. The van der Waals surface area contributed by atoms with Gasteiger partial charge in [-0.3, -0.25) is 4.68 Å². The van der Waals surface area contributed by atoms with Crippen LogP contribution in [0.4, 0.5) is 13.2 Å². The summed E-state index contributed by atoms with van der Waals surface area (Å²) in [7, 11) is -3.92. The molecule has 0 amide bonds. The molecule has 0 bridgehead atoms. The molecule has 0 aliphatic carbocycles. The van der Waals surface area contributed by atoms with Gasteiger partial charge < -0.3 is 14.6 Å². The Morgan fingerprint density at radius 3 is 2.56 bits per heavy atom. The Hall–Kier alpha value is -3.46. The first kappa shape index (κ1) is 31.0. The quantitative estimate of drug-likeness (QED) is 0.235. The van der Waals surface area contributed by atoms with E-state index in [0.717, 1.165) is 61.1 Å². The van der Waals surface area contributed by atoms with Gasteiger partial charge in [-0.05, 0) is 81.2 Å². The Bertz CT molecular complexity index is 1700. The third-order valence-corrected chi connectivity index (χ3v) is 9.11. The van der Waals surface area contributed by atoms with Crippen LogP contribution in [0.3, 0.4) is 0 Å². The number of likely N-dealkylation sites (tertiary alicyclic amines) is 1. The van der Waals surface area contributed by atoms with E-state index in [4.69, 9.17) is 16.3 Å². The largest absolute Gasteiger partial charge is 0.461 e. The highest BCUT2D eigenvalue weighted by Gasteiger charge is 2.31. The number of carbonyl (C=O) groups is 1. The molecule has 3 heterocycles. The van der Waals surface area contributed by atoms with Crippen LogP contribution in [0, 0.1) is 5.92 Å². The van der Waals surface area contributed by atoms with Crippen molar-refractivity contribution in [3.63, 3.8) is 0 Å². The van der Waals surface area contributed by atoms with Crippen LogP contribution in [0.5, 0.6) is 0 Å². The van der Waals surface area contributed by atoms with E-state index >= 15 is 0 Å². The zero-order valence-corrected chi connectivity index (χ0v) is 24.8. The van der Waals surface area contributed by atoms with Gasteiger partial charge in [-0.1, -0.05) is 16.8 Å². The summed E-state index contributed by atoms with van der Waals surface area (Å²) in [5.74, 6) is -0.176.